The summed E-state index contributed by atoms with van der Waals surface area (Å²) in [4.78, 5) is 10.8. The van der Waals surface area contributed by atoms with Gasteiger partial charge in [0.25, 0.3) is 0 Å². The van der Waals surface area contributed by atoms with Gasteiger partial charge in [-0.05, 0) is 36.7 Å². The predicted octanol–water partition coefficient (Wildman–Crippen LogP) is 3.39. The Kier molecular flexibility index (Phi) is 2.73. The summed E-state index contributed by atoms with van der Waals surface area (Å²) in [6, 6.07) is 10.6. The number of allylic oxidation sites excluding steroid dienone is 2. The maximum Gasteiger partial charge on any atom is 0.303 e. The van der Waals surface area contributed by atoms with Crippen molar-refractivity contribution in [1.82, 2.24) is 0 Å². The number of carboxylic acids is 1. The second-order valence-corrected chi connectivity index (χ2v) is 5.59. The SMILES string of the molecule is O=C(O)CCC1CC2C=CC1(c1ccccc1)C2. The van der Waals surface area contributed by atoms with Gasteiger partial charge < -0.3 is 5.11 Å². The standard InChI is InChI=1S/C16H18O2/c17-15(18)7-6-14-10-12-8-9-16(14,11-12)13-4-2-1-3-5-13/h1-5,8-9,12,14H,6-7,10-11H2,(H,17,18). The van der Waals surface area contributed by atoms with E-state index in [2.05, 4.69) is 36.4 Å². The molecule has 3 unspecified atom stereocenters. The summed E-state index contributed by atoms with van der Waals surface area (Å²) in [5, 5.41) is 8.88. The molecule has 1 N–H and O–H groups in total. The van der Waals surface area contributed by atoms with Gasteiger partial charge in [0.2, 0.25) is 0 Å². The number of carboxylic acid groups (broad SMARTS) is 1. The Hall–Kier alpha value is -1.57. The average Bonchev–Trinajstić information content (AvgIpc) is 2.96. The largest absolute Gasteiger partial charge is 0.481 e. The Bertz CT molecular complexity index is 477. The summed E-state index contributed by atoms with van der Waals surface area (Å²) < 4.78 is 0. The normalized spacial score (nSPS) is 32.9. The molecule has 1 aromatic rings. The molecule has 0 aliphatic heterocycles. The van der Waals surface area contributed by atoms with E-state index in [0.29, 0.717) is 18.3 Å². The molecule has 1 saturated carbocycles. The monoisotopic (exact) mass is 242 g/mol. The van der Waals surface area contributed by atoms with Crippen molar-refractivity contribution in [3.05, 3.63) is 48.0 Å². The lowest BCUT2D eigenvalue weighted by Gasteiger charge is -2.33. The van der Waals surface area contributed by atoms with Crippen LogP contribution < -0.4 is 0 Å². The quantitative estimate of drug-likeness (QED) is 0.822. The van der Waals surface area contributed by atoms with Crippen LogP contribution in [-0.2, 0) is 10.2 Å². The van der Waals surface area contributed by atoms with Crippen LogP contribution in [0.15, 0.2) is 42.5 Å². The summed E-state index contributed by atoms with van der Waals surface area (Å²) in [6.45, 7) is 0. The summed E-state index contributed by atoms with van der Waals surface area (Å²) in [5.41, 5.74) is 1.47. The first-order valence-corrected chi connectivity index (χ1v) is 6.67. The third-order valence-electron chi connectivity index (χ3n) is 4.60. The van der Waals surface area contributed by atoms with E-state index in [-0.39, 0.29) is 5.41 Å². The van der Waals surface area contributed by atoms with E-state index >= 15 is 0 Å². The van der Waals surface area contributed by atoms with E-state index in [0.717, 1.165) is 12.8 Å². The Balaban J connectivity index is 1.88. The van der Waals surface area contributed by atoms with Crippen LogP contribution >= 0.6 is 0 Å². The van der Waals surface area contributed by atoms with Gasteiger partial charge in [-0.3, -0.25) is 4.79 Å². The first-order chi connectivity index (χ1) is 8.71. The maximum atomic E-state index is 10.8. The minimum atomic E-state index is -0.676. The lowest BCUT2D eigenvalue weighted by molar-refractivity contribution is -0.137. The van der Waals surface area contributed by atoms with E-state index < -0.39 is 5.97 Å². The van der Waals surface area contributed by atoms with Crippen molar-refractivity contribution in [3.63, 3.8) is 0 Å². The molecule has 94 valence electrons. The van der Waals surface area contributed by atoms with Gasteiger partial charge in [0.1, 0.15) is 0 Å². The molecule has 18 heavy (non-hydrogen) atoms. The van der Waals surface area contributed by atoms with Crippen LogP contribution in [0, 0.1) is 11.8 Å². The molecule has 0 spiro atoms. The minimum absolute atomic E-state index is 0.112. The number of hydrogen-bond acceptors (Lipinski definition) is 1. The zero-order chi connectivity index (χ0) is 12.6. The molecule has 0 saturated heterocycles. The molecule has 2 heteroatoms. The fourth-order valence-corrected chi connectivity index (χ4v) is 3.79. The molecule has 3 atom stereocenters. The second kappa shape index (κ2) is 4.27. The number of carbonyl (C=O) groups is 1. The second-order valence-electron chi connectivity index (χ2n) is 5.59. The topological polar surface area (TPSA) is 37.3 Å². The summed E-state index contributed by atoms with van der Waals surface area (Å²) in [6.07, 6.45) is 8.07. The fraction of sp³-hybridized carbons (Fsp3) is 0.438. The van der Waals surface area contributed by atoms with E-state index in [1.165, 1.54) is 12.0 Å². The highest BCUT2D eigenvalue weighted by Gasteiger charge is 2.49. The molecule has 2 bridgehead atoms. The Morgan fingerprint density at radius 3 is 2.78 bits per heavy atom. The predicted molar refractivity (Wildman–Crippen MR) is 70.3 cm³/mol. The van der Waals surface area contributed by atoms with Gasteiger partial charge in [-0.25, -0.2) is 0 Å². The summed E-state index contributed by atoms with van der Waals surface area (Å²) >= 11 is 0. The van der Waals surface area contributed by atoms with Crippen LogP contribution in [0.2, 0.25) is 0 Å². The van der Waals surface area contributed by atoms with Crippen LogP contribution in [0.5, 0.6) is 0 Å². The smallest absolute Gasteiger partial charge is 0.303 e. The molecule has 0 amide bonds. The van der Waals surface area contributed by atoms with Crippen molar-refractivity contribution in [2.75, 3.05) is 0 Å². The molecule has 2 aliphatic rings. The molecule has 1 aromatic carbocycles. The van der Waals surface area contributed by atoms with Gasteiger partial charge in [-0.15, -0.1) is 0 Å². The Labute approximate surface area is 107 Å². The van der Waals surface area contributed by atoms with Crippen molar-refractivity contribution in [2.24, 2.45) is 11.8 Å². The van der Waals surface area contributed by atoms with Gasteiger partial charge in [0, 0.05) is 11.8 Å². The maximum absolute atomic E-state index is 10.8. The van der Waals surface area contributed by atoms with Crippen LogP contribution in [0.3, 0.4) is 0 Å². The molecule has 2 aliphatic carbocycles. The molecule has 1 fully saturated rings. The lowest BCUT2D eigenvalue weighted by atomic mass is 9.71. The van der Waals surface area contributed by atoms with Crippen molar-refractivity contribution in [1.29, 1.82) is 0 Å². The van der Waals surface area contributed by atoms with Gasteiger partial charge in [-0.1, -0.05) is 42.5 Å². The zero-order valence-corrected chi connectivity index (χ0v) is 10.4. The van der Waals surface area contributed by atoms with Gasteiger partial charge in [0.05, 0.1) is 0 Å². The average molecular weight is 242 g/mol. The molecular formula is C16H18O2. The van der Waals surface area contributed by atoms with E-state index in [9.17, 15) is 4.79 Å². The number of aliphatic carboxylic acids is 1. The van der Waals surface area contributed by atoms with E-state index in [1.54, 1.807) is 0 Å². The highest BCUT2D eigenvalue weighted by atomic mass is 16.4. The van der Waals surface area contributed by atoms with E-state index in [4.69, 9.17) is 5.11 Å². The molecule has 0 aromatic heterocycles. The van der Waals surface area contributed by atoms with Crippen LogP contribution in [0.1, 0.15) is 31.2 Å². The van der Waals surface area contributed by atoms with Crippen molar-refractivity contribution in [2.45, 2.75) is 31.1 Å². The summed E-state index contributed by atoms with van der Waals surface area (Å²) in [5.74, 6) is 0.472. The number of rotatable bonds is 4. The molecule has 0 heterocycles. The fourth-order valence-electron chi connectivity index (χ4n) is 3.79. The molecule has 3 rings (SSSR count). The number of fused-ring (bicyclic) bond motifs is 2. The van der Waals surface area contributed by atoms with Gasteiger partial charge in [-0.2, -0.15) is 0 Å². The molecular weight excluding hydrogens is 224 g/mol. The summed E-state index contributed by atoms with van der Waals surface area (Å²) in [7, 11) is 0. The highest BCUT2D eigenvalue weighted by molar-refractivity contribution is 5.66. The van der Waals surface area contributed by atoms with Crippen LogP contribution in [0.4, 0.5) is 0 Å². The highest BCUT2D eigenvalue weighted by Crippen LogP contribution is 2.55. The van der Waals surface area contributed by atoms with Crippen LogP contribution in [0.25, 0.3) is 0 Å². The number of hydrogen-bond donors (Lipinski definition) is 1. The third kappa shape index (κ3) is 1.76. The van der Waals surface area contributed by atoms with Crippen molar-refractivity contribution >= 4 is 5.97 Å². The van der Waals surface area contributed by atoms with E-state index in [1.807, 2.05) is 6.07 Å². The minimum Gasteiger partial charge on any atom is -0.481 e. The van der Waals surface area contributed by atoms with Crippen LogP contribution in [-0.4, -0.2) is 11.1 Å². The van der Waals surface area contributed by atoms with Crippen molar-refractivity contribution in [3.8, 4) is 0 Å². The number of benzene rings is 1. The Morgan fingerprint density at radius 1 is 1.33 bits per heavy atom. The van der Waals surface area contributed by atoms with Gasteiger partial charge in [0.15, 0.2) is 0 Å². The lowest BCUT2D eigenvalue weighted by Crippen LogP contribution is -2.28. The van der Waals surface area contributed by atoms with Gasteiger partial charge >= 0.3 is 5.97 Å². The third-order valence-corrected chi connectivity index (χ3v) is 4.60. The zero-order valence-electron chi connectivity index (χ0n) is 10.4. The molecule has 2 nitrogen and oxygen atoms in total. The molecule has 0 radical (unpaired) electrons. The first kappa shape index (κ1) is 11.5. The Morgan fingerprint density at radius 2 is 2.11 bits per heavy atom. The first-order valence-electron chi connectivity index (χ1n) is 6.67. The van der Waals surface area contributed by atoms with Crippen molar-refractivity contribution < 1.29 is 9.90 Å².